The van der Waals surface area contributed by atoms with Crippen LogP contribution < -0.4 is 4.90 Å². The summed E-state index contributed by atoms with van der Waals surface area (Å²) < 4.78 is 0. The lowest BCUT2D eigenvalue weighted by atomic mass is 9.84. The number of rotatable bonds is 0. The highest BCUT2D eigenvalue weighted by Crippen LogP contribution is 2.55. The van der Waals surface area contributed by atoms with E-state index in [2.05, 4.69) is 65.6 Å². The predicted molar refractivity (Wildman–Crippen MR) is 139 cm³/mol. The molecular weight excluding hydrogens is 426 g/mol. The minimum absolute atomic E-state index is 0.869. The van der Waals surface area contributed by atoms with Crippen molar-refractivity contribution in [1.29, 1.82) is 0 Å². The topological polar surface area (TPSA) is 29.0 Å². The van der Waals surface area contributed by atoms with Crippen molar-refractivity contribution in [3.05, 3.63) is 124 Å². The summed E-state index contributed by atoms with van der Waals surface area (Å²) in [6.07, 6.45) is 7.69. The standard InChI is InChI=1S/C32H21N3/c1-2-7-22-18(5-1)13-19-9-10-23-24-15-21-16-28-29(8-4-11-33-28)35-31(21)27(25(24)17-26(23)30(19)22)14-20-6-3-12-34-32(20)35/h1-12,15H,13-14,16-17H2. The molecule has 35 heavy (non-hydrogen) atoms. The van der Waals surface area contributed by atoms with E-state index in [1.54, 1.807) is 0 Å². The highest BCUT2D eigenvalue weighted by Gasteiger charge is 2.38. The van der Waals surface area contributed by atoms with E-state index >= 15 is 0 Å². The van der Waals surface area contributed by atoms with E-state index in [1.807, 2.05) is 18.5 Å². The van der Waals surface area contributed by atoms with Gasteiger partial charge in [0.2, 0.25) is 0 Å². The Morgan fingerprint density at radius 2 is 1.46 bits per heavy atom. The van der Waals surface area contributed by atoms with Gasteiger partial charge in [0.25, 0.3) is 0 Å². The Morgan fingerprint density at radius 1 is 0.571 bits per heavy atom. The van der Waals surface area contributed by atoms with Crippen LogP contribution in [0.2, 0.25) is 0 Å². The molecule has 9 rings (SSSR count). The van der Waals surface area contributed by atoms with Gasteiger partial charge in [-0.05, 0) is 98.3 Å². The summed E-state index contributed by atoms with van der Waals surface area (Å²) in [5.74, 6) is 1.06. The third kappa shape index (κ3) is 2.21. The van der Waals surface area contributed by atoms with Gasteiger partial charge in [-0.1, -0.05) is 42.5 Å². The van der Waals surface area contributed by atoms with Gasteiger partial charge in [0, 0.05) is 25.2 Å². The van der Waals surface area contributed by atoms with Crippen LogP contribution in [0.1, 0.15) is 44.6 Å². The van der Waals surface area contributed by atoms with E-state index in [0.717, 1.165) is 37.2 Å². The van der Waals surface area contributed by atoms with Gasteiger partial charge in [-0.25, -0.2) is 4.98 Å². The fraction of sp³-hybridized carbons (Fsp3) is 0.125. The lowest BCUT2D eigenvalue weighted by Gasteiger charge is -2.38. The molecule has 0 spiro atoms. The third-order valence-electron chi connectivity index (χ3n) is 8.44. The molecule has 3 aromatic carbocycles. The largest absolute Gasteiger partial charge is 0.292 e. The monoisotopic (exact) mass is 447 g/mol. The van der Waals surface area contributed by atoms with Gasteiger partial charge < -0.3 is 0 Å². The molecule has 3 heteroatoms. The Balaban J connectivity index is 1.32. The fourth-order valence-corrected chi connectivity index (χ4v) is 7.04. The summed E-state index contributed by atoms with van der Waals surface area (Å²) in [5.41, 5.74) is 19.5. The number of fused-ring (bicyclic) bond motifs is 12. The van der Waals surface area contributed by atoms with Crippen molar-refractivity contribution >= 4 is 17.2 Å². The first kappa shape index (κ1) is 18.1. The van der Waals surface area contributed by atoms with Crippen LogP contribution in [0, 0.1) is 0 Å². The molecule has 2 aromatic heterocycles. The molecule has 2 aliphatic carbocycles. The predicted octanol–water partition coefficient (Wildman–Crippen LogP) is 6.90. The van der Waals surface area contributed by atoms with Crippen LogP contribution in [0.25, 0.3) is 22.3 Å². The van der Waals surface area contributed by atoms with E-state index < -0.39 is 0 Å². The quantitative estimate of drug-likeness (QED) is 0.253. The maximum absolute atomic E-state index is 4.85. The number of nitrogens with zero attached hydrogens (tertiary/aromatic N) is 3. The highest BCUT2D eigenvalue weighted by molar-refractivity contribution is 5.95. The maximum Gasteiger partial charge on any atom is 0.141 e. The van der Waals surface area contributed by atoms with E-state index in [4.69, 9.17) is 9.97 Å². The van der Waals surface area contributed by atoms with Crippen LogP contribution in [-0.2, 0) is 25.7 Å². The molecule has 164 valence electrons. The van der Waals surface area contributed by atoms with Crippen molar-refractivity contribution in [2.24, 2.45) is 0 Å². The zero-order chi connectivity index (χ0) is 22.7. The van der Waals surface area contributed by atoms with Gasteiger partial charge in [0.15, 0.2) is 0 Å². The van der Waals surface area contributed by atoms with Crippen LogP contribution in [0.3, 0.4) is 0 Å². The Morgan fingerprint density at radius 3 is 2.46 bits per heavy atom. The third-order valence-corrected chi connectivity index (χ3v) is 8.44. The van der Waals surface area contributed by atoms with Crippen LogP contribution in [0.15, 0.2) is 79.1 Å². The molecule has 0 fully saturated rings. The molecule has 0 N–H and O–H groups in total. The molecule has 0 amide bonds. The molecule has 0 saturated heterocycles. The number of hydrogen-bond donors (Lipinski definition) is 0. The molecule has 5 aromatic rings. The fourth-order valence-electron chi connectivity index (χ4n) is 7.04. The zero-order valence-electron chi connectivity index (χ0n) is 19.2. The average Bonchev–Trinajstić information content (AvgIpc) is 3.46. The minimum atomic E-state index is 0.869. The van der Waals surface area contributed by atoms with Crippen molar-refractivity contribution in [2.75, 3.05) is 4.90 Å². The minimum Gasteiger partial charge on any atom is -0.292 e. The number of benzene rings is 3. The lowest BCUT2D eigenvalue weighted by molar-refractivity contribution is 0.941. The lowest BCUT2D eigenvalue weighted by Crippen LogP contribution is -2.27. The summed E-state index contributed by atoms with van der Waals surface area (Å²) in [6, 6.07) is 24.7. The van der Waals surface area contributed by atoms with E-state index in [-0.39, 0.29) is 0 Å². The van der Waals surface area contributed by atoms with Gasteiger partial charge >= 0.3 is 0 Å². The van der Waals surface area contributed by atoms with Crippen LogP contribution >= 0.6 is 0 Å². The van der Waals surface area contributed by atoms with Crippen molar-refractivity contribution < 1.29 is 0 Å². The highest BCUT2D eigenvalue weighted by atomic mass is 15.2. The first-order chi connectivity index (χ1) is 17.3. The van der Waals surface area contributed by atoms with E-state index in [9.17, 15) is 0 Å². The molecule has 0 unspecified atom stereocenters. The van der Waals surface area contributed by atoms with Crippen molar-refractivity contribution in [3.63, 3.8) is 0 Å². The molecule has 4 aliphatic rings. The van der Waals surface area contributed by atoms with Gasteiger partial charge in [-0.2, -0.15) is 0 Å². The van der Waals surface area contributed by atoms with Gasteiger partial charge in [0.05, 0.1) is 17.1 Å². The Hall–Kier alpha value is -4.24. The first-order valence-electron chi connectivity index (χ1n) is 12.4. The summed E-state index contributed by atoms with van der Waals surface area (Å²) in [5, 5.41) is 0. The summed E-state index contributed by atoms with van der Waals surface area (Å²) in [4.78, 5) is 12.0. The zero-order valence-corrected chi connectivity index (χ0v) is 19.2. The molecule has 0 bridgehead atoms. The Bertz CT molecular complexity index is 1750. The second-order valence-electron chi connectivity index (χ2n) is 10.2. The van der Waals surface area contributed by atoms with Crippen molar-refractivity contribution in [1.82, 2.24) is 9.97 Å². The second kappa shape index (κ2) is 6.25. The molecule has 4 heterocycles. The smallest absolute Gasteiger partial charge is 0.141 e. The molecule has 0 atom stereocenters. The average molecular weight is 448 g/mol. The van der Waals surface area contributed by atoms with Gasteiger partial charge in [0.1, 0.15) is 5.82 Å². The van der Waals surface area contributed by atoms with Crippen molar-refractivity contribution in [2.45, 2.75) is 25.7 Å². The van der Waals surface area contributed by atoms with Gasteiger partial charge in [-0.3, -0.25) is 9.88 Å². The SMILES string of the molecule is c1ccc2c(c1)Cc1ccc3c(c1-2)Cc1c-3cc2c3c1Cc1cccnc1N3c1cccnc1C2. The van der Waals surface area contributed by atoms with E-state index in [1.165, 1.54) is 72.6 Å². The van der Waals surface area contributed by atoms with Crippen LogP contribution in [0.5, 0.6) is 0 Å². The molecule has 0 radical (unpaired) electrons. The number of pyridine rings is 2. The second-order valence-corrected chi connectivity index (χ2v) is 10.2. The normalized spacial score (nSPS) is 14.9. The summed E-state index contributed by atoms with van der Waals surface area (Å²) >= 11 is 0. The van der Waals surface area contributed by atoms with Crippen molar-refractivity contribution in [3.8, 4) is 22.3 Å². The molecule has 0 saturated carbocycles. The Labute approximate surface area is 203 Å². The van der Waals surface area contributed by atoms with Gasteiger partial charge in [-0.15, -0.1) is 0 Å². The number of hydrogen-bond acceptors (Lipinski definition) is 3. The number of anilines is 3. The number of aromatic nitrogens is 2. The van der Waals surface area contributed by atoms with Crippen LogP contribution in [0.4, 0.5) is 17.2 Å². The Kier molecular flexibility index (Phi) is 3.24. The molecular formula is C32H21N3. The summed E-state index contributed by atoms with van der Waals surface area (Å²) in [6.45, 7) is 0. The van der Waals surface area contributed by atoms with E-state index in [0.29, 0.717) is 0 Å². The van der Waals surface area contributed by atoms with Crippen LogP contribution in [-0.4, -0.2) is 9.97 Å². The molecule has 2 aliphatic heterocycles. The summed E-state index contributed by atoms with van der Waals surface area (Å²) in [7, 11) is 0. The maximum atomic E-state index is 4.85. The molecule has 3 nitrogen and oxygen atoms in total. The first-order valence-corrected chi connectivity index (χ1v) is 12.4.